The van der Waals surface area contributed by atoms with Crippen LogP contribution in [0.4, 0.5) is 13.2 Å². The Bertz CT molecular complexity index is 706. The van der Waals surface area contributed by atoms with Gasteiger partial charge in [-0.2, -0.15) is 13.2 Å². The molecule has 28 heavy (non-hydrogen) atoms. The Morgan fingerprint density at radius 3 is 2.32 bits per heavy atom. The second-order valence-electron chi connectivity index (χ2n) is 7.16. The van der Waals surface area contributed by atoms with Crippen molar-refractivity contribution in [2.75, 3.05) is 26.2 Å². The van der Waals surface area contributed by atoms with Crippen LogP contribution in [0.2, 0.25) is 0 Å². The summed E-state index contributed by atoms with van der Waals surface area (Å²) in [4.78, 5) is 25.8. The Labute approximate surface area is 161 Å². The number of hydrogen-bond donors (Lipinski definition) is 1. The van der Waals surface area contributed by atoms with Gasteiger partial charge in [0.2, 0.25) is 5.91 Å². The molecule has 3 rings (SSSR count). The summed E-state index contributed by atoms with van der Waals surface area (Å²) in [6, 6.07) is 4.06. The maximum absolute atomic E-state index is 12.6. The first kappa shape index (κ1) is 22.0. The summed E-state index contributed by atoms with van der Waals surface area (Å²) in [5.74, 6) is -0.428. The fourth-order valence-corrected chi connectivity index (χ4v) is 3.62. The van der Waals surface area contributed by atoms with Gasteiger partial charge in [-0.1, -0.05) is 6.08 Å². The van der Waals surface area contributed by atoms with Crippen molar-refractivity contribution in [2.24, 2.45) is 5.41 Å². The zero-order chi connectivity index (χ0) is 20.9. The zero-order valence-corrected chi connectivity index (χ0v) is 15.8. The number of halogens is 3. The van der Waals surface area contributed by atoms with E-state index in [0.29, 0.717) is 12.5 Å². The first-order valence-corrected chi connectivity index (χ1v) is 9.05. The number of likely N-dealkylation sites (tertiary alicyclic amines) is 2. The Hall–Kier alpha value is -2.29. The normalized spacial score (nSPS) is 19.4. The first-order chi connectivity index (χ1) is 13.1. The molecule has 1 aromatic heterocycles. The van der Waals surface area contributed by atoms with Gasteiger partial charge in [-0.15, -0.1) is 6.58 Å². The second kappa shape index (κ2) is 8.81. The van der Waals surface area contributed by atoms with Gasteiger partial charge in [-0.25, -0.2) is 4.79 Å². The molecule has 3 heterocycles. The number of alkyl halides is 3. The Kier molecular flexibility index (Phi) is 6.92. The molecular weight excluding hydrogens is 377 g/mol. The number of aryl methyl sites for hydroxylation is 1. The lowest BCUT2D eigenvalue weighted by atomic mass is 9.77. The van der Waals surface area contributed by atoms with Crippen LogP contribution in [-0.2, 0) is 16.1 Å². The number of aliphatic carboxylic acids is 1. The van der Waals surface area contributed by atoms with Crippen molar-refractivity contribution >= 4 is 11.9 Å². The third-order valence-electron chi connectivity index (χ3n) is 5.18. The number of carbonyl (C=O) groups is 2. The number of amides is 1. The molecule has 2 aliphatic heterocycles. The average Bonchev–Trinajstić information content (AvgIpc) is 3.16. The molecule has 6 nitrogen and oxygen atoms in total. The fraction of sp³-hybridized carbons (Fsp3) is 0.579. The van der Waals surface area contributed by atoms with Crippen LogP contribution >= 0.6 is 0 Å². The largest absolute Gasteiger partial charge is 0.490 e. The number of rotatable bonds is 4. The highest BCUT2D eigenvalue weighted by Gasteiger charge is 2.47. The fourth-order valence-electron chi connectivity index (χ4n) is 3.62. The van der Waals surface area contributed by atoms with Crippen molar-refractivity contribution in [1.82, 2.24) is 9.80 Å². The lowest BCUT2D eigenvalue weighted by Crippen LogP contribution is -2.44. The van der Waals surface area contributed by atoms with Gasteiger partial charge in [0.25, 0.3) is 0 Å². The predicted molar refractivity (Wildman–Crippen MR) is 95.5 cm³/mol. The highest BCUT2D eigenvalue weighted by Crippen LogP contribution is 2.41. The topological polar surface area (TPSA) is 74.0 Å². The number of carboxylic acids is 1. The van der Waals surface area contributed by atoms with E-state index in [0.717, 1.165) is 57.0 Å². The van der Waals surface area contributed by atoms with Crippen LogP contribution in [0, 0.1) is 12.3 Å². The molecule has 2 aliphatic rings. The van der Waals surface area contributed by atoms with Crippen LogP contribution < -0.4 is 0 Å². The van der Waals surface area contributed by atoms with Crippen LogP contribution in [0.3, 0.4) is 0 Å². The molecule has 156 valence electrons. The van der Waals surface area contributed by atoms with Crippen molar-refractivity contribution in [2.45, 2.75) is 38.9 Å². The maximum atomic E-state index is 12.6. The SMILES string of the molecule is C=CCN1CCC2(CCN(Cc3ccc(C)o3)CC2)C1=O.O=C(O)C(F)(F)F. The molecule has 0 radical (unpaired) electrons. The molecule has 0 bridgehead atoms. The molecule has 9 heteroatoms. The highest BCUT2D eigenvalue weighted by atomic mass is 19.4. The van der Waals surface area contributed by atoms with Crippen LogP contribution in [0.1, 0.15) is 30.8 Å². The zero-order valence-electron chi connectivity index (χ0n) is 15.8. The van der Waals surface area contributed by atoms with Crippen LogP contribution in [0.25, 0.3) is 0 Å². The summed E-state index contributed by atoms with van der Waals surface area (Å²) in [6.07, 6.45) is -0.309. The van der Waals surface area contributed by atoms with E-state index in [9.17, 15) is 18.0 Å². The maximum Gasteiger partial charge on any atom is 0.490 e. The van der Waals surface area contributed by atoms with Gasteiger partial charge in [0.15, 0.2) is 0 Å². The van der Waals surface area contributed by atoms with Crippen LogP contribution in [-0.4, -0.2) is 59.1 Å². The molecule has 1 amide bonds. The van der Waals surface area contributed by atoms with E-state index in [1.807, 2.05) is 30.0 Å². The number of piperidine rings is 1. The number of nitrogens with zero attached hydrogens (tertiary/aromatic N) is 2. The number of furan rings is 1. The highest BCUT2D eigenvalue weighted by molar-refractivity contribution is 5.85. The lowest BCUT2D eigenvalue weighted by Gasteiger charge is -2.37. The van der Waals surface area contributed by atoms with E-state index in [2.05, 4.69) is 11.5 Å². The van der Waals surface area contributed by atoms with E-state index < -0.39 is 12.1 Å². The Morgan fingerprint density at radius 2 is 1.86 bits per heavy atom. The van der Waals surface area contributed by atoms with E-state index in [1.54, 1.807) is 0 Å². The van der Waals surface area contributed by atoms with E-state index in [-0.39, 0.29) is 5.41 Å². The summed E-state index contributed by atoms with van der Waals surface area (Å²) >= 11 is 0. The van der Waals surface area contributed by atoms with Crippen molar-refractivity contribution < 1.29 is 32.3 Å². The van der Waals surface area contributed by atoms with Gasteiger partial charge in [-0.3, -0.25) is 9.69 Å². The monoisotopic (exact) mass is 402 g/mol. The molecular formula is C19H25F3N2O4. The summed E-state index contributed by atoms with van der Waals surface area (Å²) in [7, 11) is 0. The second-order valence-corrected chi connectivity index (χ2v) is 7.16. The summed E-state index contributed by atoms with van der Waals surface area (Å²) in [5.41, 5.74) is -0.0986. The molecule has 0 saturated carbocycles. The van der Waals surface area contributed by atoms with Crippen molar-refractivity contribution in [3.05, 3.63) is 36.3 Å². The minimum absolute atomic E-state index is 0.0986. The van der Waals surface area contributed by atoms with Crippen LogP contribution in [0.15, 0.2) is 29.2 Å². The van der Waals surface area contributed by atoms with Gasteiger partial charge >= 0.3 is 12.1 Å². The minimum atomic E-state index is -5.08. The number of carbonyl (C=O) groups excluding carboxylic acids is 1. The minimum Gasteiger partial charge on any atom is -0.475 e. The predicted octanol–water partition coefficient (Wildman–Crippen LogP) is 3.22. The number of hydrogen-bond acceptors (Lipinski definition) is 4. The third kappa shape index (κ3) is 5.37. The van der Waals surface area contributed by atoms with Gasteiger partial charge in [-0.05, 0) is 51.4 Å². The van der Waals surface area contributed by atoms with Crippen LogP contribution in [0.5, 0.6) is 0 Å². The quantitative estimate of drug-likeness (QED) is 0.783. The summed E-state index contributed by atoms with van der Waals surface area (Å²) < 4.78 is 37.4. The summed E-state index contributed by atoms with van der Waals surface area (Å²) in [6.45, 7) is 10.1. The molecule has 1 aromatic rings. The summed E-state index contributed by atoms with van der Waals surface area (Å²) in [5, 5.41) is 7.12. The Morgan fingerprint density at radius 1 is 1.29 bits per heavy atom. The molecule has 1 spiro atoms. The standard InChI is InChI=1S/C17H24N2O2.C2HF3O2/c1-3-9-19-12-8-17(16(19)20)6-10-18(11-7-17)13-15-5-4-14(2)21-15;3-2(4,5)1(6)7/h3-5H,1,6-13H2,2H3;(H,6,7). The van der Waals surface area contributed by atoms with Crippen molar-refractivity contribution in [3.8, 4) is 0 Å². The average molecular weight is 402 g/mol. The van der Waals surface area contributed by atoms with Gasteiger partial charge < -0.3 is 14.4 Å². The molecule has 0 aliphatic carbocycles. The smallest absolute Gasteiger partial charge is 0.475 e. The van der Waals surface area contributed by atoms with E-state index in [1.165, 1.54) is 0 Å². The van der Waals surface area contributed by atoms with Gasteiger partial charge in [0.1, 0.15) is 11.5 Å². The van der Waals surface area contributed by atoms with Gasteiger partial charge in [0.05, 0.1) is 12.0 Å². The molecule has 1 N–H and O–H groups in total. The Balaban J connectivity index is 0.000000345. The van der Waals surface area contributed by atoms with Crippen molar-refractivity contribution in [3.63, 3.8) is 0 Å². The molecule has 0 atom stereocenters. The lowest BCUT2D eigenvalue weighted by molar-refractivity contribution is -0.192. The first-order valence-electron chi connectivity index (χ1n) is 9.05. The molecule has 0 aromatic carbocycles. The van der Waals surface area contributed by atoms with Gasteiger partial charge in [0, 0.05) is 13.1 Å². The third-order valence-corrected chi connectivity index (χ3v) is 5.18. The molecule has 2 saturated heterocycles. The molecule has 0 unspecified atom stereocenters. The van der Waals surface area contributed by atoms with Crippen molar-refractivity contribution in [1.29, 1.82) is 0 Å². The van der Waals surface area contributed by atoms with E-state index >= 15 is 0 Å². The molecule has 2 fully saturated rings. The number of carboxylic acid groups (broad SMARTS) is 1. The van der Waals surface area contributed by atoms with E-state index in [4.69, 9.17) is 14.3 Å².